The zero-order valence-electron chi connectivity index (χ0n) is 15.1. The number of guanidine groups is 1. The lowest BCUT2D eigenvalue weighted by atomic mass is 10.1. The molecule has 0 aliphatic carbocycles. The summed E-state index contributed by atoms with van der Waals surface area (Å²) in [4.78, 5) is 6.75. The van der Waals surface area contributed by atoms with E-state index in [1.54, 1.807) is 0 Å². The topological polar surface area (TPSA) is 62.4 Å². The van der Waals surface area contributed by atoms with E-state index in [1.165, 1.54) is 17.8 Å². The van der Waals surface area contributed by atoms with E-state index in [1.807, 2.05) is 25.0 Å². The minimum Gasteiger partial charge on any atom is -0.367 e. The Morgan fingerprint density at radius 3 is 2.88 bits per heavy atom. The van der Waals surface area contributed by atoms with Crippen molar-refractivity contribution in [2.75, 3.05) is 25.0 Å². The Bertz CT molecular complexity index is 691. The second-order valence-corrected chi connectivity index (χ2v) is 6.34. The molecule has 0 bridgehead atoms. The Hall–Kier alpha value is -1.71. The summed E-state index contributed by atoms with van der Waals surface area (Å²) in [5.41, 5.74) is 2.43. The van der Waals surface area contributed by atoms with Crippen molar-refractivity contribution in [2.45, 2.75) is 25.4 Å². The Balaban J connectivity index is 0.00000225. The van der Waals surface area contributed by atoms with Crippen LogP contribution in [0, 0.1) is 0 Å². The Labute approximate surface area is 166 Å². The number of anilines is 1. The molecule has 2 aromatic rings. The van der Waals surface area contributed by atoms with Gasteiger partial charge in [-0.3, -0.25) is 9.67 Å². The SMILES string of the molecule is CN=C(NCc1cccn1C)NC1CCCN(c2cnn(C)c2)C1.I. The van der Waals surface area contributed by atoms with Gasteiger partial charge in [-0.25, -0.2) is 0 Å². The van der Waals surface area contributed by atoms with Crippen molar-refractivity contribution in [2.24, 2.45) is 19.1 Å². The van der Waals surface area contributed by atoms with Gasteiger partial charge in [0.05, 0.1) is 18.4 Å². The van der Waals surface area contributed by atoms with Gasteiger partial charge in [0.15, 0.2) is 5.96 Å². The molecule has 3 rings (SSSR count). The minimum atomic E-state index is 0. The van der Waals surface area contributed by atoms with E-state index in [0.717, 1.165) is 32.0 Å². The van der Waals surface area contributed by atoms with Crippen LogP contribution in [0.4, 0.5) is 5.69 Å². The molecule has 0 aromatic carbocycles. The quantitative estimate of drug-likeness (QED) is 0.417. The monoisotopic (exact) mass is 457 g/mol. The fourth-order valence-electron chi connectivity index (χ4n) is 3.14. The van der Waals surface area contributed by atoms with Crippen LogP contribution in [0.25, 0.3) is 0 Å². The Morgan fingerprint density at radius 1 is 1.40 bits per heavy atom. The molecule has 2 N–H and O–H groups in total. The molecule has 0 saturated carbocycles. The van der Waals surface area contributed by atoms with Crippen LogP contribution in [-0.4, -0.2) is 46.5 Å². The third-order valence-electron chi connectivity index (χ3n) is 4.53. The maximum Gasteiger partial charge on any atom is 0.191 e. The number of nitrogens with zero attached hydrogens (tertiary/aromatic N) is 5. The highest BCUT2D eigenvalue weighted by molar-refractivity contribution is 14.0. The van der Waals surface area contributed by atoms with Crippen LogP contribution in [-0.2, 0) is 20.6 Å². The van der Waals surface area contributed by atoms with Gasteiger partial charge in [0.25, 0.3) is 0 Å². The first-order chi connectivity index (χ1) is 11.7. The first-order valence-corrected chi connectivity index (χ1v) is 8.46. The number of piperidine rings is 1. The second-order valence-electron chi connectivity index (χ2n) is 6.34. The summed E-state index contributed by atoms with van der Waals surface area (Å²) in [5.74, 6) is 0.856. The Morgan fingerprint density at radius 2 is 2.24 bits per heavy atom. The summed E-state index contributed by atoms with van der Waals surface area (Å²) < 4.78 is 3.97. The molecule has 0 radical (unpaired) electrons. The molecule has 3 heterocycles. The van der Waals surface area contributed by atoms with E-state index < -0.39 is 0 Å². The molecule has 1 unspecified atom stereocenters. The van der Waals surface area contributed by atoms with Crippen molar-refractivity contribution in [3.05, 3.63) is 36.4 Å². The normalized spacial score (nSPS) is 18.0. The zero-order valence-corrected chi connectivity index (χ0v) is 17.5. The van der Waals surface area contributed by atoms with Crippen LogP contribution in [0.5, 0.6) is 0 Å². The van der Waals surface area contributed by atoms with Crippen molar-refractivity contribution < 1.29 is 0 Å². The number of hydrogen-bond donors (Lipinski definition) is 2. The highest BCUT2D eigenvalue weighted by Crippen LogP contribution is 2.18. The summed E-state index contributed by atoms with van der Waals surface area (Å²) in [6.07, 6.45) is 8.39. The largest absolute Gasteiger partial charge is 0.367 e. The van der Waals surface area contributed by atoms with Crippen molar-refractivity contribution in [1.29, 1.82) is 0 Å². The molecule has 1 saturated heterocycles. The van der Waals surface area contributed by atoms with Gasteiger partial charge in [-0.05, 0) is 25.0 Å². The van der Waals surface area contributed by atoms with E-state index in [0.29, 0.717) is 6.04 Å². The number of halogens is 1. The van der Waals surface area contributed by atoms with E-state index in [-0.39, 0.29) is 24.0 Å². The van der Waals surface area contributed by atoms with E-state index in [2.05, 4.69) is 61.8 Å². The highest BCUT2D eigenvalue weighted by atomic mass is 127. The van der Waals surface area contributed by atoms with Gasteiger partial charge in [-0.1, -0.05) is 0 Å². The van der Waals surface area contributed by atoms with Gasteiger partial charge in [-0.15, -0.1) is 24.0 Å². The summed E-state index contributed by atoms with van der Waals surface area (Å²) in [5, 5.41) is 11.2. The average molecular weight is 457 g/mol. The first-order valence-electron chi connectivity index (χ1n) is 8.46. The van der Waals surface area contributed by atoms with Crippen molar-refractivity contribution in [1.82, 2.24) is 25.0 Å². The number of hydrogen-bond acceptors (Lipinski definition) is 3. The molecule has 138 valence electrons. The number of aryl methyl sites for hydroxylation is 2. The molecule has 1 fully saturated rings. The Kier molecular flexibility index (Phi) is 7.15. The first kappa shape index (κ1) is 19.6. The standard InChI is InChI=1S/C17H27N7.HI/c1-18-17(19-10-15-7-5-8-22(15)2)21-14-6-4-9-24(12-14)16-11-20-23(3)13-16;/h5,7-8,11,13-14H,4,6,9-10,12H2,1-3H3,(H2,18,19,21);1H. The van der Waals surface area contributed by atoms with Crippen LogP contribution in [0.1, 0.15) is 18.5 Å². The highest BCUT2D eigenvalue weighted by Gasteiger charge is 2.21. The number of aromatic nitrogens is 3. The minimum absolute atomic E-state index is 0. The fraction of sp³-hybridized carbons (Fsp3) is 0.529. The van der Waals surface area contributed by atoms with E-state index in [9.17, 15) is 0 Å². The zero-order chi connectivity index (χ0) is 16.9. The number of nitrogens with one attached hydrogen (secondary N) is 2. The molecular weight excluding hydrogens is 429 g/mol. The second kappa shape index (κ2) is 9.12. The number of rotatable bonds is 4. The molecule has 2 aromatic heterocycles. The molecule has 7 nitrogen and oxygen atoms in total. The van der Waals surface area contributed by atoms with Gasteiger partial charge in [0, 0.05) is 58.4 Å². The molecule has 25 heavy (non-hydrogen) atoms. The lowest BCUT2D eigenvalue weighted by Gasteiger charge is -2.34. The van der Waals surface area contributed by atoms with E-state index >= 15 is 0 Å². The van der Waals surface area contributed by atoms with Crippen LogP contribution in [0.15, 0.2) is 35.7 Å². The lowest BCUT2D eigenvalue weighted by Crippen LogP contribution is -2.51. The molecule has 1 aliphatic heterocycles. The molecule has 1 atom stereocenters. The third-order valence-corrected chi connectivity index (χ3v) is 4.53. The molecule has 0 amide bonds. The lowest BCUT2D eigenvalue weighted by molar-refractivity contribution is 0.467. The van der Waals surface area contributed by atoms with E-state index in [4.69, 9.17) is 0 Å². The molecule has 0 spiro atoms. The predicted molar refractivity (Wildman–Crippen MR) is 113 cm³/mol. The van der Waals surface area contributed by atoms with Crippen molar-refractivity contribution >= 4 is 35.6 Å². The average Bonchev–Trinajstić information content (AvgIpc) is 3.20. The molecule has 8 heteroatoms. The maximum absolute atomic E-state index is 4.36. The number of aliphatic imine (C=N–C) groups is 1. The molecule has 1 aliphatic rings. The van der Waals surface area contributed by atoms with Gasteiger partial charge in [0.2, 0.25) is 0 Å². The van der Waals surface area contributed by atoms with Crippen LogP contribution < -0.4 is 15.5 Å². The smallest absolute Gasteiger partial charge is 0.191 e. The van der Waals surface area contributed by atoms with Gasteiger partial charge in [-0.2, -0.15) is 5.10 Å². The summed E-state index contributed by atoms with van der Waals surface area (Å²) >= 11 is 0. The van der Waals surface area contributed by atoms with Gasteiger partial charge >= 0.3 is 0 Å². The molecular formula is C17H28IN7. The van der Waals surface area contributed by atoms with Gasteiger partial charge < -0.3 is 20.1 Å². The van der Waals surface area contributed by atoms with Crippen LogP contribution in [0.2, 0.25) is 0 Å². The summed E-state index contributed by atoms with van der Waals surface area (Å²) in [6, 6.07) is 4.56. The van der Waals surface area contributed by atoms with Crippen molar-refractivity contribution in [3.8, 4) is 0 Å². The van der Waals surface area contributed by atoms with Crippen LogP contribution >= 0.6 is 24.0 Å². The fourth-order valence-corrected chi connectivity index (χ4v) is 3.14. The summed E-state index contributed by atoms with van der Waals surface area (Å²) in [7, 11) is 5.83. The maximum atomic E-state index is 4.36. The van der Waals surface area contributed by atoms with Crippen molar-refractivity contribution in [3.63, 3.8) is 0 Å². The third kappa shape index (κ3) is 5.13. The van der Waals surface area contributed by atoms with Gasteiger partial charge in [0.1, 0.15) is 0 Å². The summed E-state index contributed by atoms with van der Waals surface area (Å²) in [6.45, 7) is 2.82. The van der Waals surface area contributed by atoms with Crippen LogP contribution in [0.3, 0.4) is 0 Å². The predicted octanol–water partition coefficient (Wildman–Crippen LogP) is 1.71.